The molecule has 0 spiro atoms. The Labute approximate surface area is 111 Å². The maximum atomic E-state index is 11.5. The molecular formula is C13H14N2O3S. The van der Waals surface area contributed by atoms with E-state index >= 15 is 0 Å². The number of pyridine rings is 1. The van der Waals surface area contributed by atoms with Gasteiger partial charge in [0.1, 0.15) is 5.82 Å². The molecule has 1 fully saturated rings. The summed E-state index contributed by atoms with van der Waals surface area (Å²) in [4.78, 5) is 15.3. The van der Waals surface area contributed by atoms with Crippen molar-refractivity contribution in [2.24, 2.45) is 5.92 Å². The van der Waals surface area contributed by atoms with E-state index in [0.29, 0.717) is 18.4 Å². The van der Waals surface area contributed by atoms with Crippen LogP contribution in [-0.2, 0) is 16.3 Å². The summed E-state index contributed by atoms with van der Waals surface area (Å²) in [5, 5.41) is 0. The molecule has 5 nitrogen and oxygen atoms in total. The van der Waals surface area contributed by atoms with Crippen LogP contribution in [0.3, 0.4) is 0 Å². The molecule has 0 bridgehead atoms. The normalized spacial score (nSPS) is 21.8. The van der Waals surface area contributed by atoms with Gasteiger partial charge in [-0.05, 0) is 24.5 Å². The van der Waals surface area contributed by atoms with Crippen LogP contribution in [0.4, 0.5) is 0 Å². The van der Waals surface area contributed by atoms with E-state index < -0.39 is 9.84 Å². The Balaban J connectivity index is 1.92. The molecule has 3 heterocycles. The second-order valence-corrected chi connectivity index (χ2v) is 7.21. The summed E-state index contributed by atoms with van der Waals surface area (Å²) in [5.41, 5.74) is 1.37. The first-order valence-corrected chi connectivity index (χ1v) is 8.02. The number of carbonyl (C=O) groups excluding carboxylic acids is 1. The van der Waals surface area contributed by atoms with Gasteiger partial charge in [-0.3, -0.25) is 4.79 Å². The van der Waals surface area contributed by atoms with Crippen molar-refractivity contribution in [1.82, 2.24) is 9.38 Å². The van der Waals surface area contributed by atoms with Gasteiger partial charge in [-0.25, -0.2) is 13.4 Å². The van der Waals surface area contributed by atoms with Crippen LogP contribution in [0, 0.1) is 5.92 Å². The summed E-state index contributed by atoms with van der Waals surface area (Å²) >= 11 is 0. The number of imidazole rings is 1. The van der Waals surface area contributed by atoms with Gasteiger partial charge in [0.2, 0.25) is 0 Å². The lowest BCUT2D eigenvalue weighted by atomic mass is 10.1. The predicted molar refractivity (Wildman–Crippen MR) is 71.0 cm³/mol. The number of aromatic nitrogens is 2. The number of hydrogen-bond acceptors (Lipinski definition) is 4. The van der Waals surface area contributed by atoms with Crippen LogP contribution in [-0.4, -0.2) is 35.6 Å². The van der Waals surface area contributed by atoms with Crippen molar-refractivity contribution in [3.8, 4) is 0 Å². The third-order valence-electron chi connectivity index (χ3n) is 3.61. The number of aldehydes is 1. The number of hydrogen-bond donors (Lipinski definition) is 0. The Morgan fingerprint density at radius 3 is 3.00 bits per heavy atom. The lowest BCUT2D eigenvalue weighted by Crippen LogP contribution is -2.09. The summed E-state index contributed by atoms with van der Waals surface area (Å²) < 4.78 is 24.8. The first-order chi connectivity index (χ1) is 9.09. The molecule has 100 valence electrons. The van der Waals surface area contributed by atoms with Crippen LogP contribution >= 0.6 is 0 Å². The van der Waals surface area contributed by atoms with Gasteiger partial charge >= 0.3 is 0 Å². The highest BCUT2D eigenvalue weighted by atomic mass is 32.2. The largest absolute Gasteiger partial charge is 0.303 e. The molecule has 2 aromatic heterocycles. The fraction of sp³-hybridized carbons (Fsp3) is 0.385. The molecule has 1 aliphatic rings. The molecule has 0 aromatic carbocycles. The Morgan fingerprint density at radius 2 is 2.32 bits per heavy atom. The van der Waals surface area contributed by atoms with Crippen LogP contribution in [0.5, 0.6) is 0 Å². The molecule has 1 unspecified atom stereocenters. The van der Waals surface area contributed by atoms with Crippen molar-refractivity contribution < 1.29 is 13.2 Å². The SMILES string of the molecule is O=Cc1cccn2c(CC3CCS(=O)(=O)C3)ncc12. The lowest BCUT2D eigenvalue weighted by Gasteiger charge is -2.07. The molecule has 0 aliphatic carbocycles. The molecule has 3 rings (SSSR count). The lowest BCUT2D eigenvalue weighted by molar-refractivity contribution is 0.112. The molecule has 0 amide bonds. The number of fused-ring (bicyclic) bond motifs is 1. The minimum absolute atomic E-state index is 0.135. The van der Waals surface area contributed by atoms with E-state index in [1.165, 1.54) is 0 Å². The monoisotopic (exact) mass is 278 g/mol. The minimum atomic E-state index is -2.86. The van der Waals surface area contributed by atoms with Crippen LogP contribution in [0.2, 0.25) is 0 Å². The molecule has 6 heteroatoms. The highest BCUT2D eigenvalue weighted by molar-refractivity contribution is 7.91. The predicted octanol–water partition coefficient (Wildman–Crippen LogP) is 1.12. The molecule has 0 saturated carbocycles. The first-order valence-electron chi connectivity index (χ1n) is 6.19. The van der Waals surface area contributed by atoms with Gasteiger partial charge in [-0.1, -0.05) is 0 Å². The fourth-order valence-electron chi connectivity index (χ4n) is 2.64. The van der Waals surface area contributed by atoms with Crippen molar-refractivity contribution in [1.29, 1.82) is 0 Å². The average Bonchev–Trinajstić information content (AvgIpc) is 2.93. The Bertz CT molecular complexity index is 733. The van der Waals surface area contributed by atoms with E-state index in [-0.39, 0.29) is 17.4 Å². The molecule has 2 aromatic rings. The smallest absolute Gasteiger partial charge is 0.152 e. The minimum Gasteiger partial charge on any atom is -0.303 e. The van der Waals surface area contributed by atoms with Gasteiger partial charge in [0.05, 0.1) is 23.2 Å². The molecule has 0 radical (unpaired) electrons. The van der Waals surface area contributed by atoms with Crippen molar-refractivity contribution in [2.45, 2.75) is 12.8 Å². The number of rotatable bonds is 3. The third kappa shape index (κ3) is 2.28. The number of nitrogens with zero attached hydrogens (tertiary/aromatic N) is 2. The first kappa shape index (κ1) is 12.3. The quantitative estimate of drug-likeness (QED) is 0.789. The van der Waals surface area contributed by atoms with Crippen molar-refractivity contribution in [3.63, 3.8) is 0 Å². The van der Waals surface area contributed by atoms with Crippen molar-refractivity contribution >= 4 is 21.6 Å². The topological polar surface area (TPSA) is 68.5 Å². The van der Waals surface area contributed by atoms with Crippen molar-refractivity contribution in [3.05, 3.63) is 35.9 Å². The summed E-state index contributed by atoms with van der Waals surface area (Å²) in [5.74, 6) is 1.48. The maximum absolute atomic E-state index is 11.5. The average molecular weight is 278 g/mol. The van der Waals surface area contributed by atoms with E-state index in [1.807, 2.05) is 10.6 Å². The highest BCUT2D eigenvalue weighted by Gasteiger charge is 2.28. The summed E-state index contributed by atoms with van der Waals surface area (Å²) in [6, 6.07) is 3.54. The number of sulfone groups is 1. The van der Waals surface area contributed by atoms with Crippen LogP contribution in [0.1, 0.15) is 22.6 Å². The van der Waals surface area contributed by atoms with Gasteiger partial charge in [-0.15, -0.1) is 0 Å². The van der Waals surface area contributed by atoms with E-state index in [0.717, 1.165) is 17.6 Å². The Kier molecular flexibility index (Phi) is 2.89. The van der Waals surface area contributed by atoms with Gasteiger partial charge in [0.15, 0.2) is 16.1 Å². The Hall–Kier alpha value is -1.69. The molecule has 1 saturated heterocycles. The van der Waals surface area contributed by atoms with Gasteiger partial charge in [-0.2, -0.15) is 0 Å². The highest BCUT2D eigenvalue weighted by Crippen LogP contribution is 2.23. The second-order valence-electron chi connectivity index (χ2n) is 4.98. The molecule has 19 heavy (non-hydrogen) atoms. The molecule has 1 atom stereocenters. The van der Waals surface area contributed by atoms with Crippen LogP contribution < -0.4 is 0 Å². The van der Waals surface area contributed by atoms with E-state index in [9.17, 15) is 13.2 Å². The van der Waals surface area contributed by atoms with Crippen molar-refractivity contribution in [2.75, 3.05) is 11.5 Å². The van der Waals surface area contributed by atoms with E-state index in [1.54, 1.807) is 18.3 Å². The molecule has 0 N–H and O–H groups in total. The fourth-order valence-corrected chi connectivity index (χ4v) is 4.50. The van der Waals surface area contributed by atoms with Crippen LogP contribution in [0.15, 0.2) is 24.5 Å². The zero-order chi connectivity index (χ0) is 13.5. The van der Waals surface area contributed by atoms with Gasteiger partial charge in [0.25, 0.3) is 0 Å². The third-order valence-corrected chi connectivity index (χ3v) is 5.44. The van der Waals surface area contributed by atoms with Gasteiger partial charge in [0, 0.05) is 18.2 Å². The molecule has 1 aliphatic heterocycles. The summed E-state index contributed by atoms with van der Waals surface area (Å²) in [7, 11) is -2.86. The zero-order valence-corrected chi connectivity index (χ0v) is 11.1. The Morgan fingerprint density at radius 1 is 1.47 bits per heavy atom. The molecular weight excluding hydrogens is 264 g/mol. The zero-order valence-electron chi connectivity index (χ0n) is 10.3. The second kappa shape index (κ2) is 4.45. The van der Waals surface area contributed by atoms with Gasteiger partial charge < -0.3 is 4.40 Å². The standard InChI is InChI=1S/C13H14N2O3S/c16-8-11-2-1-4-15-12(11)7-14-13(15)6-10-3-5-19(17,18)9-10/h1-2,4,7-8,10H,3,5-6,9H2. The maximum Gasteiger partial charge on any atom is 0.152 e. The van der Waals surface area contributed by atoms with Crippen LogP contribution in [0.25, 0.3) is 5.52 Å². The van der Waals surface area contributed by atoms with E-state index in [4.69, 9.17) is 0 Å². The van der Waals surface area contributed by atoms with E-state index in [2.05, 4.69) is 4.98 Å². The summed E-state index contributed by atoms with van der Waals surface area (Å²) in [6.45, 7) is 0. The number of carbonyl (C=O) groups is 1. The summed E-state index contributed by atoms with van der Waals surface area (Å²) in [6.07, 6.45) is 5.66.